The van der Waals surface area contributed by atoms with Crippen LogP contribution in [0.1, 0.15) is 29.2 Å². The summed E-state index contributed by atoms with van der Waals surface area (Å²) in [4.78, 5) is 0. The second-order valence-corrected chi connectivity index (χ2v) is 5.10. The molecule has 0 spiro atoms. The molecule has 0 unspecified atom stereocenters. The highest BCUT2D eigenvalue weighted by Gasteiger charge is 2.07. The van der Waals surface area contributed by atoms with Gasteiger partial charge in [-0.15, -0.1) is 0 Å². The lowest BCUT2D eigenvalue weighted by atomic mass is 9.96. The summed E-state index contributed by atoms with van der Waals surface area (Å²) in [7, 11) is 0. The highest BCUT2D eigenvalue weighted by Crippen LogP contribution is 2.21. The molecule has 0 fully saturated rings. The van der Waals surface area contributed by atoms with E-state index in [2.05, 4.69) is 48.5 Å². The summed E-state index contributed by atoms with van der Waals surface area (Å²) in [5.41, 5.74) is 6.60. The molecule has 3 N–H and O–H groups in total. The van der Waals surface area contributed by atoms with Crippen LogP contribution in [0.2, 0.25) is 0 Å². The number of rotatable bonds is 6. The van der Waals surface area contributed by atoms with Crippen LogP contribution in [0, 0.1) is 13.8 Å². The SMILES string of the molecule is C=C(C)COCCc1c(CBr)ccc(C)c1C.N. The number of alkyl halides is 1. The van der Waals surface area contributed by atoms with Crippen molar-refractivity contribution in [2.45, 2.75) is 32.5 Å². The fourth-order valence-electron chi connectivity index (χ4n) is 1.82. The zero-order valence-electron chi connectivity index (χ0n) is 11.7. The van der Waals surface area contributed by atoms with Crippen LogP contribution in [0.25, 0.3) is 0 Å². The number of hydrogen-bond donors (Lipinski definition) is 1. The van der Waals surface area contributed by atoms with E-state index in [9.17, 15) is 0 Å². The molecule has 102 valence electrons. The molecule has 0 aliphatic rings. The molecule has 1 aromatic carbocycles. The third-order valence-corrected chi connectivity index (χ3v) is 3.56. The van der Waals surface area contributed by atoms with Gasteiger partial charge in [-0.3, -0.25) is 0 Å². The Bertz CT molecular complexity index is 402. The van der Waals surface area contributed by atoms with Crippen LogP contribution in [0.4, 0.5) is 0 Å². The van der Waals surface area contributed by atoms with Crippen molar-refractivity contribution in [2.24, 2.45) is 0 Å². The molecule has 0 aromatic heterocycles. The van der Waals surface area contributed by atoms with Crippen LogP contribution in [-0.2, 0) is 16.5 Å². The first-order valence-electron chi connectivity index (χ1n) is 5.92. The lowest BCUT2D eigenvalue weighted by Crippen LogP contribution is -2.05. The smallest absolute Gasteiger partial charge is 0.0671 e. The predicted octanol–water partition coefficient (Wildman–Crippen LogP) is 4.50. The van der Waals surface area contributed by atoms with Gasteiger partial charge in [-0.1, -0.05) is 40.2 Å². The van der Waals surface area contributed by atoms with Crippen molar-refractivity contribution < 1.29 is 4.74 Å². The van der Waals surface area contributed by atoms with Gasteiger partial charge in [0.1, 0.15) is 0 Å². The number of halogens is 1. The Balaban J connectivity index is 0.00000289. The molecule has 2 nitrogen and oxygen atoms in total. The lowest BCUT2D eigenvalue weighted by molar-refractivity contribution is 0.159. The van der Waals surface area contributed by atoms with Gasteiger partial charge >= 0.3 is 0 Å². The highest BCUT2D eigenvalue weighted by molar-refractivity contribution is 9.08. The van der Waals surface area contributed by atoms with E-state index in [-0.39, 0.29) is 6.15 Å². The van der Waals surface area contributed by atoms with E-state index < -0.39 is 0 Å². The van der Waals surface area contributed by atoms with E-state index >= 15 is 0 Å². The lowest BCUT2D eigenvalue weighted by Gasteiger charge is -2.13. The van der Waals surface area contributed by atoms with Gasteiger partial charge in [0.15, 0.2) is 0 Å². The average molecular weight is 314 g/mol. The standard InChI is InChI=1S/C15H21BrO.H3N/c1-11(2)10-17-8-7-15-13(4)12(3)5-6-14(15)9-16;/h5-6H,1,7-10H2,2-4H3;1H3. The summed E-state index contributed by atoms with van der Waals surface area (Å²) in [5.74, 6) is 0. The maximum Gasteiger partial charge on any atom is 0.0671 e. The first-order chi connectivity index (χ1) is 8.06. The minimum absolute atomic E-state index is 0. The van der Waals surface area contributed by atoms with Crippen LogP contribution in [0.3, 0.4) is 0 Å². The fourth-order valence-corrected chi connectivity index (χ4v) is 2.35. The van der Waals surface area contributed by atoms with Crippen LogP contribution < -0.4 is 6.15 Å². The molecule has 0 saturated heterocycles. The maximum atomic E-state index is 5.58. The summed E-state index contributed by atoms with van der Waals surface area (Å²) < 4.78 is 5.58. The fraction of sp³-hybridized carbons (Fsp3) is 0.467. The zero-order valence-corrected chi connectivity index (χ0v) is 13.3. The minimum Gasteiger partial charge on any atom is -0.377 e. The molecule has 1 rings (SSSR count). The van der Waals surface area contributed by atoms with Crippen molar-refractivity contribution in [3.8, 4) is 0 Å². The molecule has 0 aliphatic carbocycles. The van der Waals surface area contributed by atoms with E-state index in [4.69, 9.17) is 4.74 Å². The van der Waals surface area contributed by atoms with Crippen molar-refractivity contribution in [3.05, 3.63) is 46.5 Å². The first-order valence-corrected chi connectivity index (χ1v) is 7.04. The van der Waals surface area contributed by atoms with E-state index in [1.807, 2.05) is 6.92 Å². The largest absolute Gasteiger partial charge is 0.377 e. The summed E-state index contributed by atoms with van der Waals surface area (Å²) in [6.45, 7) is 11.6. The van der Waals surface area contributed by atoms with Gasteiger partial charge in [0.05, 0.1) is 13.2 Å². The molecule has 3 heteroatoms. The summed E-state index contributed by atoms with van der Waals surface area (Å²) in [6.07, 6.45) is 0.974. The number of aryl methyl sites for hydroxylation is 1. The van der Waals surface area contributed by atoms with Crippen molar-refractivity contribution in [1.82, 2.24) is 6.15 Å². The van der Waals surface area contributed by atoms with Crippen molar-refractivity contribution in [3.63, 3.8) is 0 Å². The molecule has 0 heterocycles. The molecule has 0 saturated carbocycles. The van der Waals surface area contributed by atoms with Gasteiger partial charge in [-0.05, 0) is 49.4 Å². The van der Waals surface area contributed by atoms with Crippen molar-refractivity contribution in [2.75, 3.05) is 13.2 Å². The Labute approximate surface area is 119 Å². The molecule has 1 aromatic rings. The average Bonchev–Trinajstić information content (AvgIpc) is 2.29. The molecule has 0 radical (unpaired) electrons. The second-order valence-electron chi connectivity index (χ2n) is 4.54. The minimum atomic E-state index is 0. The van der Waals surface area contributed by atoms with Gasteiger partial charge in [0.2, 0.25) is 0 Å². The molecule has 18 heavy (non-hydrogen) atoms. The first kappa shape index (κ1) is 17.4. The Hall–Kier alpha value is -0.640. The van der Waals surface area contributed by atoms with E-state index in [0.29, 0.717) is 6.61 Å². The molecular formula is C15H24BrNO. The van der Waals surface area contributed by atoms with Crippen molar-refractivity contribution in [1.29, 1.82) is 0 Å². The molecule has 0 aliphatic heterocycles. The van der Waals surface area contributed by atoms with Gasteiger partial charge in [-0.2, -0.15) is 0 Å². The van der Waals surface area contributed by atoms with Crippen LogP contribution in [-0.4, -0.2) is 13.2 Å². The topological polar surface area (TPSA) is 44.2 Å². The second kappa shape index (κ2) is 8.46. The number of benzene rings is 1. The third kappa shape index (κ3) is 4.92. The van der Waals surface area contributed by atoms with Crippen LogP contribution in [0.5, 0.6) is 0 Å². The number of hydrogen-bond acceptors (Lipinski definition) is 2. The van der Waals surface area contributed by atoms with Gasteiger partial charge in [0.25, 0.3) is 0 Å². The monoisotopic (exact) mass is 313 g/mol. The Kier molecular flexibility index (Phi) is 8.16. The van der Waals surface area contributed by atoms with E-state index in [1.54, 1.807) is 0 Å². The van der Waals surface area contributed by atoms with Crippen LogP contribution >= 0.6 is 15.9 Å². The molecule has 0 bridgehead atoms. The molecule has 0 atom stereocenters. The Morgan fingerprint density at radius 2 is 2.00 bits per heavy atom. The normalized spacial score (nSPS) is 10.0. The zero-order chi connectivity index (χ0) is 12.8. The van der Waals surface area contributed by atoms with Gasteiger partial charge < -0.3 is 10.9 Å². The Morgan fingerprint density at radius 1 is 1.33 bits per heavy atom. The molecular weight excluding hydrogens is 290 g/mol. The van der Waals surface area contributed by atoms with E-state index in [1.165, 1.54) is 22.3 Å². The summed E-state index contributed by atoms with van der Waals surface area (Å²) in [5, 5.41) is 0.907. The highest BCUT2D eigenvalue weighted by atomic mass is 79.9. The summed E-state index contributed by atoms with van der Waals surface area (Å²) >= 11 is 3.54. The summed E-state index contributed by atoms with van der Waals surface area (Å²) in [6, 6.07) is 4.38. The third-order valence-electron chi connectivity index (χ3n) is 2.96. The van der Waals surface area contributed by atoms with Gasteiger partial charge in [0, 0.05) is 5.33 Å². The predicted molar refractivity (Wildman–Crippen MR) is 82.9 cm³/mol. The van der Waals surface area contributed by atoms with Gasteiger partial charge in [-0.25, -0.2) is 0 Å². The maximum absolute atomic E-state index is 5.58. The quantitative estimate of drug-likeness (QED) is 0.477. The molecule has 0 amide bonds. The van der Waals surface area contributed by atoms with Crippen molar-refractivity contribution >= 4 is 15.9 Å². The number of ether oxygens (including phenoxy) is 1. The van der Waals surface area contributed by atoms with E-state index in [0.717, 1.165) is 23.9 Å². The van der Waals surface area contributed by atoms with Crippen LogP contribution in [0.15, 0.2) is 24.3 Å². The Morgan fingerprint density at radius 3 is 2.56 bits per heavy atom.